The van der Waals surface area contributed by atoms with Crippen molar-refractivity contribution in [2.75, 3.05) is 12.4 Å². The minimum Gasteiger partial charge on any atom is -0.497 e. The monoisotopic (exact) mass is 396 g/mol. The number of hydrogen-bond donors (Lipinski definition) is 2. The number of rotatable bonds is 1. The first-order valence-corrected chi connectivity index (χ1v) is 8.17. The highest BCUT2D eigenvalue weighted by molar-refractivity contribution is 7.80. The second-order valence-electron chi connectivity index (χ2n) is 5.50. The second kappa shape index (κ2) is 6.71. The van der Waals surface area contributed by atoms with Gasteiger partial charge in [-0.3, -0.25) is 0 Å². The highest BCUT2D eigenvalue weighted by atomic mass is 35.5. The average Bonchev–Trinajstić information content (AvgIpc) is 2.59. The number of thiocarbonyl (C=S) groups is 1. The zero-order valence-electron chi connectivity index (χ0n) is 13.4. The Morgan fingerprint density at radius 3 is 2.65 bits per heavy atom. The molecule has 0 aromatic heterocycles. The van der Waals surface area contributed by atoms with Crippen molar-refractivity contribution in [3.05, 3.63) is 58.6 Å². The maximum absolute atomic E-state index is 14.1. The molecular formula is C18H12ClF3N2OS. The number of anilines is 1. The molecule has 0 bridgehead atoms. The highest BCUT2D eigenvalue weighted by Crippen LogP contribution is 2.44. The van der Waals surface area contributed by atoms with E-state index in [-0.39, 0.29) is 21.4 Å². The fourth-order valence-corrected chi connectivity index (χ4v) is 3.02. The molecule has 0 fully saturated rings. The molecule has 0 saturated carbocycles. The fraction of sp³-hybridized carbons (Fsp3) is 0.167. The Morgan fingerprint density at radius 2 is 1.96 bits per heavy atom. The maximum atomic E-state index is 14.1. The molecule has 3 rings (SSSR count). The van der Waals surface area contributed by atoms with E-state index in [2.05, 4.69) is 22.5 Å². The zero-order chi connectivity index (χ0) is 18.9. The standard InChI is InChI=1S/C18H12ClF3N2OS/c1-25-13-4-2-3-11(9-13)7-8-17(18(20,21)22)14-10-12(19)5-6-15(14)23-16(26)24-17/h2-6,9-10H,1H3,(H2,23,24,26). The summed E-state index contributed by atoms with van der Waals surface area (Å²) in [4.78, 5) is 0. The Labute approximate surface area is 158 Å². The van der Waals surface area contributed by atoms with E-state index in [0.29, 0.717) is 11.3 Å². The van der Waals surface area contributed by atoms with Gasteiger partial charge in [0.25, 0.3) is 0 Å². The van der Waals surface area contributed by atoms with Crippen LogP contribution in [-0.4, -0.2) is 18.4 Å². The summed E-state index contributed by atoms with van der Waals surface area (Å²) < 4.78 is 47.4. The fourth-order valence-electron chi connectivity index (χ4n) is 2.59. The van der Waals surface area contributed by atoms with Gasteiger partial charge in [-0.05, 0) is 48.6 Å². The number of benzene rings is 2. The first-order valence-electron chi connectivity index (χ1n) is 7.38. The molecule has 2 N–H and O–H groups in total. The van der Waals surface area contributed by atoms with Crippen LogP contribution < -0.4 is 15.4 Å². The largest absolute Gasteiger partial charge is 0.497 e. The van der Waals surface area contributed by atoms with Crippen LogP contribution in [-0.2, 0) is 5.54 Å². The summed E-state index contributed by atoms with van der Waals surface area (Å²) in [6.07, 6.45) is -4.75. The molecule has 2 aromatic carbocycles. The number of methoxy groups -OCH3 is 1. The molecule has 0 radical (unpaired) electrons. The molecule has 1 aliphatic rings. The Kier molecular flexibility index (Phi) is 4.74. The number of alkyl halides is 3. The van der Waals surface area contributed by atoms with Gasteiger partial charge in [-0.1, -0.05) is 29.5 Å². The van der Waals surface area contributed by atoms with E-state index < -0.39 is 11.7 Å². The van der Waals surface area contributed by atoms with Crippen molar-refractivity contribution in [2.45, 2.75) is 11.7 Å². The minimum absolute atomic E-state index is 0.138. The third kappa shape index (κ3) is 3.30. The van der Waals surface area contributed by atoms with Gasteiger partial charge in [0.15, 0.2) is 5.11 Å². The number of hydrogen-bond acceptors (Lipinski definition) is 2. The molecule has 3 nitrogen and oxygen atoms in total. The molecule has 0 spiro atoms. The lowest BCUT2D eigenvalue weighted by Gasteiger charge is -2.38. The van der Waals surface area contributed by atoms with Gasteiger partial charge in [0.2, 0.25) is 5.54 Å². The van der Waals surface area contributed by atoms with E-state index in [4.69, 9.17) is 28.6 Å². The van der Waals surface area contributed by atoms with Crippen LogP contribution in [0.3, 0.4) is 0 Å². The van der Waals surface area contributed by atoms with Gasteiger partial charge in [-0.15, -0.1) is 0 Å². The van der Waals surface area contributed by atoms with Crippen molar-refractivity contribution in [3.63, 3.8) is 0 Å². The number of ether oxygens (including phenoxy) is 1. The summed E-state index contributed by atoms with van der Waals surface area (Å²) in [5.41, 5.74) is -2.24. The normalized spacial score (nSPS) is 18.7. The predicted octanol–water partition coefficient (Wildman–Crippen LogP) is 4.46. The van der Waals surface area contributed by atoms with Crippen molar-refractivity contribution >= 4 is 34.6 Å². The topological polar surface area (TPSA) is 33.3 Å². The summed E-state index contributed by atoms with van der Waals surface area (Å²) >= 11 is 10.9. The van der Waals surface area contributed by atoms with E-state index in [0.717, 1.165) is 0 Å². The van der Waals surface area contributed by atoms with Crippen molar-refractivity contribution in [3.8, 4) is 17.6 Å². The van der Waals surface area contributed by atoms with E-state index in [1.807, 2.05) is 0 Å². The number of nitrogens with one attached hydrogen (secondary N) is 2. The molecule has 0 saturated heterocycles. The second-order valence-corrected chi connectivity index (χ2v) is 6.34. The Morgan fingerprint density at radius 1 is 1.19 bits per heavy atom. The van der Waals surface area contributed by atoms with Crippen molar-refractivity contribution < 1.29 is 17.9 Å². The van der Waals surface area contributed by atoms with Gasteiger partial charge in [0.05, 0.1) is 7.11 Å². The molecule has 134 valence electrons. The predicted molar refractivity (Wildman–Crippen MR) is 98.4 cm³/mol. The van der Waals surface area contributed by atoms with Crippen LogP contribution >= 0.6 is 23.8 Å². The van der Waals surface area contributed by atoms with Gasteiger partial charge in [-0.2, -0.15) is 13.2 Å². The maximum Gasteiger partial charge on any atom is 0.427 e. The smallest absolute Gasteiger partial charge is 0.427 e. The van der Waals surface area contributed by atoms with Gasteiger partial charge >= 0.3 is 6.18 Å². The minimum atomic E-state index is -4.75. The molecule has 1 aliphatic heterocycles. The highest BCUT2D eigenvalue weighted by Gasteiger charge is 2.58. The Balaban J connectivity index is 2.20. The van der Waals surface area contributed by atoms with Crippen molar-refractivity contribution in [1.29, 1.82) is 0 Å². The van der Waals surface area contributed by atoms with E-state index in [9.17, 15) is 13.2 Å². The Bertz CT molecular complexity index is 936. The first kappa shape index (κ1) is 18.4. The van der Waals surface area contributed by atoms with E-state index in [1.165, 1.54) is 25.3 Å². The van der Waals surface area contributed by atoms with Gasteiger partial charge < -0.3 is 15.4 Å². The lowest BCUT2D eigenvalue weighted by Crippen LogP contribution is -2.59. The third-order valence-corrected chi connectivity index (χ3v) is 4.26. The van der Waals surface area contributed by atoms with Crippen LogP contribution in [0.25, 0.3) is 0 Å². The summed E-state index contributed by atoms with van der Waals surface area (Å²) in [5.74, 6) is 5.40. The molecule has 0 aliphatic carbocycles. The number of halogens is 4. The van der Waals surface area contributed by atoms with Gasteiger partial charge in [0.1, 0.15) is 5.75 Å². The average molecular weight is 397 g/mol. The van der Waals surface area contributed by atoms with Crippen LogP contribution in [0.15, 0.2) is 42.5 Å². The van der Waals surface area contributed by atoms with E-state index in [1.54, 1.807) is 24.3 Å². The molecule has 0 amide bonds. The summed E-state index contributed by atoms with van der Waals surface area (Å²) in [6.45, 7) is 0. The summed E-state index contributed by atoms with van der Waals surface area (Å²) in [5, 5.41) is 4.98. The van der Waals surface area contributed by atoms with Crippen molar-refractivity contribution in [2.24, 2.45) is 0 Å². The van der Waals surface area contributed by atoms with E-state index >= 15 is 0 Å². The Hall–Kier alpha value is -2.43. The third-order valence-electron chi connectivity index (χ3n) is 3.82. The lowest BCUT2D eigenvalue weighted by molar-refractivity contribution is -0.177. The van der Waals surface area contributed by atoms with Crippen LogP contribution in [0.4, 0.5) is 18.9 Å². The molecule has 1 heterocycles. The number of fused-ring (bicyclic) bond motifs is 1. The quantitative estimate of drug-likeness (QED) is 0.551. The van der Waals surface area contributed by atoms with Crippen LogP contribution in [0, 0.1) is 11.8 Å². The van der Waals surface area contributed by atoms with Gasteiger partial charge in [-0.25, -0.2) is 0 Å². The molecule has 1 atom stereocenters. The molecule has 1 unspecified atom stereocenters. The lowest BCUT2D eigenvalue weighted by atomic mass is 9.86. The summed E-state index contributed by atoms with van der Waals surface area (Å²) in [7, 11) is 1.47. The molecule has 8 heteroatoms. The van der Waals surface area contributed by atoms with Gasteiger partial charge in [0, 0.05) is 21.8 Å². The molecular weight excluding hydrogens is 385 g/mol. The van der Waals surface area contributed by atoms with Crippen LogP contribution in [0.1, 0.15) is 11.1 Å². The molecule has 2 aromatic rings. The molecule has 26 heavy (non-hydrogen) atoms. The zero-order valence-corrected chi connectivity index (χ0v) is 14.9. The summed E-state index contributed by atoms with van der Waals surface area (Å²) in [6, 6.07) is 10.6. The SMILES string of the molecule is COc1cccc(C#CC2(C(F)(F)F)NC(=S)Nc3ccc(Cl)cc32)c1. The van der Waals surface area contributed by atoms with Crippen LogP contribution in [0.2, 0.25) is 5.02 Å². The first-order chi connectivity index (χ1) is 12.2. The van der Waals surface area contributed by atoms with Crippen LogP contribution in [0.5, 0.6) is 5.75 Å². The van der Waals surface area contributed by atoms with Crippen molar-refractivity contribution in [1.82, 2.24) is 5.32 Å².